The fourth-order valence-electron chi connectivity index (χ4n) is 3.34. The zero-order valence-corrected chi connectivity index (χ0v) is 14.9. The molecule has 5 nitrogen and oxygen atoms in total. The molecule has 1 amide bonds. The molecule has 2 atom stereocenters. The van der Waals surface area contributed by atoms with E-state index in [-0.39, 0.29) is 11.7 Å². The van der Waals surface area contributed by atoms with Crippen molar-refractivity contribution in [3.8, 4) is 0 Å². The topological polar surface area (TPSA) is 58.6 Å². The average molecular weight is 352 g/mol. The molecule has 0 saturated carbocycles. The van der Waals surface area contributed by atoms with Crippen LogP contribution >= 0.6 is 0 Å². The summed E-state index contributed by atoms with van der Waals surface area (Å²) in [5.41, 5.74) is 1.70. The second-order valence-electron chi connectivity index (χ2n) is 6.47. The van der Waals surface area contributed by atoms with Crippen LogP contribution in [0, 0.1) is 0 Å². The molecule has 2 unspecified atom stereocenters. The van der Waals surface area contributed by atoms with Crippen LogP contribution in [0.25, 0.3) is 0 Å². The van der Waals surface area contributed by atoms with E-state index in [0.717, 1.165) is 18.5 Å². The fourth-order valence-corrected chi connectivity index (χ4v) is 3.34. The van der Waals surface area contributed by atoms with Gasteiger partial charge in [-0.25, -0.2) is 0 Å². The van der Waals surface area contributed by atoms with Crippen molar-refractivity contribution in [2.75, 3.05) is 13.7 Å². The van der Waals surface area contributed by atoms with Crippen molar-refractivity contribution in [3.63, 3.8) is 0 Å². The lowest BCUT2D eigenvalue weighted by molar-refractivity contribution is -0.132. The molecule has 1 aliphatic heterocycles. The van der Waals surface area contributed by atoms with E-state index in [1.165, 1.54) is 7.11 Å². The van der Waals surface area contributed by atoms with Crippen molar-refractivity contribution in [1.82, 2.24) is 10.2 Å². The van der Waals surface area contributed by atoms with Gasteiger partial charge in [-0.05, 0) is 24.1 Å². The first-order chi connectivity index (χ1) is 12.7. The normalized spacial score (nSPS) is 21.2. The van der Waals surface area contributed by atoms with E-state index in [1.54, 1.807) is 12.1 Å². The van der Waals surface area contributed by atoms with Gasteiger partial charge in [0.1, 0.15) is 12.3 Å². The summed E-state index contributed by atoms with van der Waals surface area (Å²) in [5, 5.41) is 3.02. The molecule has 2 aromatic carbocycles. The Morgan fingerprint density at radius 3 is 2.42 bits per heavy atom. The minimum absolute atomic E-state index is 0.0291. The SMILES string of the molecule is COC1C(=O)CCCN(Cc2ccccc2)C1NC(=O)c1ccccc1. The smallest absolute Gasteiger partial charge is 0.252 e. The van der Waals surface area contributed by atoms with Gasteiger partial charge in [-0.1, -0.05) is 48.5 Å². The second kappa shape index (κ2) is 8.74. The first-order valence-electron chi connectivity index (χ1n) is 8.88. The van der Waals surface area contributed by atoms with E-state index >= 15 is 0 Å². The molecule has 1 fully saturated rings. The number of benzene rings is 2. The number of ketones is 1. The molecule has 2 aromatic rings. The van der Waals surface area contributed by atoms with Gasteiger partial charge in [-0.15, -0.1) is 0 Å². The molecule has 1 heterocycles. The average Bonchev–Trinajstić information content (AvgIpc) is 2.82. The lowest BCUT2D eigenvalue weighted by Crippen LogP contribution is -2.56. The molecule has 5 heteroatoms. The Morgan fingerprint density at radius 1 is 1.12 bits per heavy atom. The van der Waals surface area contributed by atoms with Gasteiger partial charge < -0.3 is 10.1 Å². The summed E-state index contributed by atoms with van der Waals surface area (Å²) in [6.07, 6.45) is 0.0434. The first kappa shape index (κ1) is 18.3. The Balaban J connectivity index is 1.84. The van der Waals surface area contributed by atoms with Gasteiger partial charge in [0.05, 0.1) is 0 Å². The predicted octanol–water partition coefficient (Wildman–Crippen LogP) is 2.62. The molecule has 0 aromatic heterocycles. The molecule has 26 heavy (non-hydrogen) atoms. The summed E-state index contributed by atoms with van der Waals surface area (Å²) in [4.78, 5) is 27.3. The van der Waals surface area contributed by atoms with Crippen molar-refractivity contribution in [2.45, 2.75) is 31.7 Å². The minimum atomic E-state index is -0.672. The zero-order chi connectivity index (χ0) is 18.4. The van der Waals surface area contributed by atoms with E-state index in [9.17, 15) is 9.59 Å². The van der Waals surface area contributed by atoms with Gasteiger partial charge in [0.2, 0.25) is 0 Å². The largest absolute Gasteiger partial charge is 0.370 e. The van der Waals surface area contributed by atoms with Gasteiger partial charge in [0, 0.05) is 32.2 Å². The monoisotopic (exact) mass is 352 g/mol. The van der Waals surface area contributed by atoms with E-state index in [4.69, 9.17) is 4.74 Å². The zero-order valence-electron chi connectivity index (χ0n) is 14.9. The van der Waals surface area contributed by atoms with Gasteiger partial charge in [-0.2, -0.15) is 0 Å². The van der Waals surface area contributed by atoms with E-state index in [1.807, 2.05) is 48.5 Å². The Morgan fingerprint density at radius 2 is 1.77 bits per heavy atom. The van der Waals surface area contributed by atoms with Gasteiger partial charge in [0.25, 0.3) is 5.91 Å². The quantitative estimate of drug-likeness (QED) is 0.899. The lowest BCUT2D eigenvalue weighted by atomic mass is 10.1. The van der Waals surface area contributed by atoms with Gasteiger partial charge >= 0.3 is 0 Å². The highest BCUT2D eigenvalue weighted by Crippen LogP contribution is 2.19. The Bertz CT molecular complexity index is 733. The number of Topliss-reactive ketones (excluding diaryl/α,β-unsaturated/α-hetero) is 1. The molecule has 0 spiro atoms. The van der Waals surface area contributed by atoms with Crippen LogP contribution in [0.3, 0.4) is 0 Å². The third-order valence-corrected chi connectivity index (χ3v) is 4.66. The maximum Gasteiger partial charge on any atom is 0.252 e. The van der Waals surface area contributed by atoms with Crippen LogP contribution in [0.2, 0.25) is 0 Å². The lowest BCUT2D eigenvalue weighted by Gasteiger charge is -2.34. The number of ether oxygens (including phenoxy) is 1. The fraction of sp³-hybridized carbons (Fsp3) is 0.333. The van der Waals surface area contributed by atoms with Crippen LogP contribution in [0.15, 0.2) is 60.7 Å². The molecule has 136 valence electrons. The number of likely N-dealkylation sites (tertiary alicyclic amines) is 1. The highest BCUT2D eigenvalue weighted by atomic mass is 16.5. The van der Waals surface area contributed by atoms with Crippen LogP contribution in [-0.2, 0) is 16.1 Å². The number of rotatable bonds is 5. The van der Waals surface area contributed by atoms with Crippen molar-refractivity contribution in [1.29, 1.82) is 0 Å². The number of hydrogen-bond donors (Lipinski definition) is 1. The number of methoxy groups -OCH3 is 1. The number of hydrogen-bond acceptors (Lipinski definition) is 4. The summed E-state index contributed by atoms with van der Waals surface area (Å²) < 4.78 is 5.49. The molecule has 1 N–H and O–H groups in total. The first-order valence-corrected chi connectivity index (χ1v) is 8.88. The van der Waals surface area contributed by atoms with Crippen molar-refractivity contribution < 1.29 is 14.3 Å². The number of carbonyl (C=O) groups excluding carboxylic acids is 2. The third-order valence-electron chi connectivity index (χ3n) is 4.66. The molecule has 3 rings (SSSR count). The van der Waals surface area contributed by atoms with Crippen LogP contribution in [0.5, 0.6) is 0 Å². The van der Waals surface area contributed by atoms with Gasteiger partial charge in [-0.3, -0.25) is 14.5 Å². The Labute approximate surface area is 154 Å². The molecule has 0 radical (unpaired) electrons. The van der Waals surface area contributed by atoms with Crippen LogP contribution in [-0.4, -0.2) is 42.5 Å². The molecule has 0 aliphatic carbocycles. The Kier molecular flexibility index (Phi) is 6.15. The summed E-state index contributed by atoms with van der Waals surface area (Å²) in [7, 11) is 1.52. The maximum absolute atomic E-state index is 12.7. The summed E-state index contributed by atoms with van der Waals surface area (Å²) >= 11 is 0. The molecular formula is C21H24N2O3. The Hall–Kier alpha value is -2.50. The molecule has 0 bridgehead atoms. The van der Waals surface area contributed by atoms with Crippen molar-refractivity contribution in [2.24, 2.45) is 0 Å². The number of nitrogens with one attached hydrogen (secondary N) is 1. The number of carbonyl (C=O) groups is 2. The van der Waals surface area contributed by atoms with Crippen LogP contribution in [0.4, 0.5) is 0 Å². The standard InChI is InChI=1S/C21H24N2O3/c1-26-19-18(24)13-8-14-23(15-16-9-4-2-5-10-16)20(19)22-21(25)17-11-6-3-7-12-17/h2-7,9-12,19-20H,8,13-15H2,1H3,(H,22,25). The van der Waals surface area contributed by atoms with Crippen molar-refractivity contribution >= 4 is 11.7 Å². The van der Waals surface area contributed by atoms with E-state index in [0.29, 0.717) is 18.5 Å². The third kappa shape index (κ3) is 4.36. The number of amides is 1. The summed E-state index contributed by atoms with van der Waals surface area (Å²) in [5.74, 6) is -0.174. The molecular weight excluding hydrogens is 328 g/mol. The second-order valence-corrected chi connectivity index (χ2v) is 6.47. The van der Waals surface area contributed by atoms with E-state index < -0.39 is 12.3 Å². The van der Waals surface area contributed by atoms with Crippen LogP contribution in [0.1, 0.15) is 28.8 Å². The highest BCUT2D eigenvalue weighted by Gasteiger charge is 2.36. The maximum atomic E-state index is 12.7. The highest BCUT2D eigenvalue weighted by molar-refractivity contribution is 5.95. The summed E-state index contributed by atoms with van der Waals surface area (Å²) in [6, 6.07) is 19.1. The van der Waals surface area contributed by atoms with Crippen LogP contribution < -0.4 is 5.32 Å². The summed E-state index contributed by atoms with van der Waals surface area (Å²) in [6.45, 7) is 1.37. The number of nitrogens with zero attached hydrogens (tertiary/aromatic N) is 1. The predicted molar refractivity (Wildman–Crippen MR) is 99.6 cm³/mol. The van der Waals surface area contributed by atoms with Crippen molar-refractivity contribution in [3.05, 3.63) is 71.8 Å². The van der Waals surface area contributed by atoms with E-state index in [2.05, 4.69) is 10.2 Å². The molecule has 1 saturated heterocycles. The molecule has 1 aliphatic rings. The van der Waals surface area contributed by atoms with Gasteiger partial charge in [0.15, 0.2) is 5.78 Å². The minimum Gasteiger partial charge on any atom is -0.370 e.